The first kappa shape index (κ1) is 11.5. The van der Waals surface area contributed by atoms with Crippen LogP contribution in [-0.4, -0.2) is 12.5 Å². The Morgan fingerprint density at radius 3 is 2.17 bits per heavy atom. The third kappa shape index (κ3) is 2.50. The van der Waals surface area contributed by atoms with Gasteiger partial charge in [0.1, 0.15) is 0 Å². The summed E-state index contributed by atoms with van der Waals surface area (Å²) in [7, 11) is 0. The highest BCUT2D eigenvalue weighted by Gasteiger charge is 2.44. The maximum atomic E-state index is 10.7. The van der Waals surface area contributed by atoms with Crippen molar-refractivity contribution in [2.75, 3.05) is 6.54 Å². The number of carbonyl (C=O) groups is 1. The van der Waals surface area contributed by atoms with Crippen LogP contribution in [0.3, 0.4) is 0 Å². The number of hydrogen-bond donors (Lipinski definition) is 1. The molecule has 1 aliphatic heterocycles. The van der Waals surface area contributed by atoms with Crippen molar-refractivity contribution in [3.8, 4) is 0 Å². The van der Waals surface area contributed by atoms with Crippen molar-refractivity contribution in [2.24, 2.45) is 5.41 Å². The summed E-state index contributed by atoms with van der Waals surface area (Å²) in [5.41, 5.74) is 0.577. The minimum Gasteiger partial charge on any atom is -0.356 e. The molecule has 2 nitrogen and oxygen atoms in total. The van der Waals surface area contributed by atoms with Gasteiger partial charge in [-0.15, -0.1) is 0 Å². The van der Waals surface area contributed by atoms with E-state index in [9.17, 15) is 4.79 Å². The molecule has 1 N–H and O–H groups in total. The summed E-state index contributed by atoms with van der Waals surface area (Å²) >= 11 is 0. The fraction of sp³-hybridized carbons (Fsp3) is 0.900. The van der Waals surface area contributed by atoms with Crippen molar-refractivity contribution in [3.63, 3.8) is 0 Å². The molecule has 1 spiro atoms. The average Bonchev–Trinajstić information content (AvgIpc) is 2.81. The largest absolute Gasteiger partial charge is 0.356 e. The monoisotopic (exact) mass is 171 g/mol. The number of carbonyl (C=O) groups excluding carboxylic acids is 1. The van der Waals surface area contributed by atoms with Gasteiger partial charge >= 0.3 is 0 Å². The highest BCUT2D eigenvalue weighted by atomic mass is 16.1. The third-order valence-corrected chi connectivity index (χ3v) is 2.50. The maximum absolute atomic E-state index is 10.7. The van der Waals surface area contributed by atoms with Crippen molar-refractivity contribution in [1.29, 1.82) is 0 Å². The van der Waals surface area contributed by atoms with E-state index < -0.39 is 0 Å². The Morgan fingerprint density at radius 2 is 1.83 bits per heavy atom. The lowest BCUT2D eigenvalue weighted by Crippen LogP contribution is -2.35. The lowest BCUT2D eigenvalue weighted by Gasteiger charge is -2.20. The summed E-state index contributed by atoms with van der Waals surface area (Å²) in [4.78, 5) is 10.7. The highest BCUT2D eigenvalue weighted by Crippen LogP contribution is 2.50. The topological polar surface area (TPSA) is 29.1 Å². The SMILES string of the molecule is C.CC.O=C1CCC2(CC2)CN1. The zero-order valence-electron chi connectivity index (χ0n) is 7.44. The Hall–Kier alpha value is -0.530. The van der Waals surface area contributed by atoms with Gasteiger partial charge < -0.3 is 5.32 Å². The van der Waals surface area contributed by atoms with Gasteiger partial charge in [-0.1, -0.05) is 21.3 Å². The van der Waals surface area contributed by atoms with Gasteiger partial charge in [0, 0.05) is 13.0 Å². The van der Waals surface area contributed by atoms with Crippen LogP contribution in [0.5, 0.6) is 0 Å². The molecule has 0 unspecified atom stereocenters. The van der Waals surface area contributed by atoms with Crippen LogP contribution in [-0.2, 0) is 4.79 Å². The fourth-order valence-corrected chi connectivity index (χ4v) is 1.45. The van der Waals surface area contributed by atoms with E-state index in [0.29, 0.717) is 5.41 Å². The molecule has 1 saturated carbocycles. The van der Waals surface area contributed by atoms with Crippen molar-refractivity contribution < 1.29 is 4.79 Å². The van der Waals surface area contributed by atoms with Crippen LogP contribution in [0.15, 0.2) is 0 Å². The van der Waals surface area contributed by atoms with E-state index >= 15 is 0 Å². The normalized spacial score (nSPS) is 23.0. The second-order valence-electron chi connectivity index (χ2n) is 3.28. The molecule has 1 heterocycles. The van der Waals surface area contributed by atoms with E-state index in [1.807, 2.05) is 13.8 Å². The van der Waals surface area contributed by atoms with Gasteiger partial charge in [0.15, 0.2) is 0 Å². The molecule has 12 heavy (non-hydrogen) atoms. The van der Waals surface area contributed by atoms with Crippen LogP contribution < -0.4 is 5.32 Å². The van der Waals surface area contributed by atoms with E-state index in [-0.39, 0.29) is 13.3 Å². The molecule has 0 aromatic carbocycles. The summed E-state index contributed by atoms with van der Waals surface area (Å²) < 4.78 is 0. The summed E-state index contributed by atoms with van der Waals surface area (Å²) in [6, 6.07) is 0. The van der Waals surface area contributed by atoms with Crippen molar-refractivity contribution >= 4 is 5.91 Å². The molecule has 2 fully saturated rings. The molecule has 2 aliphatic rings. The van der Waals surface area contributed by atoms with E-state index in [4.69, 9.17) is 0 Å². The van der Waals surface area contributed by atoms with Gasteiger partial charge in [0.25, 0.3) is 0 Å². The smallest absolute Gasteiger partial charge is 0.220 e. The zero-order chi connectivity index (χ0) is 8.32. The molecule has 1 amide bonds. The van der Waals surface area contributed by atoms with Crippen LogP contribution in [0.2, 0.25) is 0 Å². The second kappa shape index (κ2) is 4.48. The number of hydrogen-bond acceptors (Lipinski definition) is 1. The van der Waals surface area contributed by atoms with Crippen LogP contribution in [0.1, 0.15) is 47.0 Å². The summed E-state index contributed by atoms with van der Waals surface area (Å²) in [5.74, 6) is 0.243. The fourth-order valence-electron chi connectivity index (χ4n) is 1.45. The van der Waals surface area contributed by atoms with E-state index in [1.165, 1.54) is 12.8 Å². The molecule has 72 valence electrons. The highest BCUT2D eigenvalue weighted by molar-refractivity contribution is 5.77. The van der Waals surface area contributed by atoms with Crippen molar-refractivity contribution in [2.45, 2.75) is 47.0 Å². The molecule has 2 heteroatoms. The summed E-state index contributed by atoms with van der Waals surface area (Å²) in [6.45, 7) is 4.95. The number of piperidine rings is 1. The van der Waals surface area contributed by atoms with E-state index in [0.717, 1.165) is 19.4 Å². The number of amides is 1. The molecular weight excluding hydrogens is 150 g/mol. The zero-order valence-corrected chi connectivity index (χ0v) is 7.44. The predicted molar refractivity (Wildman–Crippen MR) is 52.0 cm³/mol. The Labute approximate surface area is 75.7 Å². The molecular formula is C10H21NO. The molecule has 0 aromatic rings. The maximum Gasteiger partial charge on any atom is 0.220 e. The first-order valence-electron chi connectivity index (χ1n) is 4.58. The summed E-state index contributed by atoms with van der Waals surface area (Å²) in [6.07, 6.45) is 4.58. The van der Waals surface area contributed by atoms with Crippen LogP contribution in [0.4, 0.5) is 0 Å². The molecule has 2 rings (SSSR count). The Bertz CT molecular complexity index is 138. The second-order valence-corrected chi connectivity index (χ2v) is 3.28. The molecule has 0 bridgehead atoms. The first-order chi connectivity index (χ1) is 5.31. The van der Waals surface area contributed by atoms with Gasteiger partial charge in [-0.2, -0.15) is 0 Å². The van der Waals surface area contributed by atoms with Crippen LogP contribution >= 0.6 is 0 Å². The van der Waals surface area contributed by atoms with Gasteiger partial charge in [-0.3, -0.25) is 4.79 Å². The minimum atomic E-state index is 0. The van der Waals surface area contributed by atoms with Gasteiger partial charge in [0.2, 0.25) is 5.91 Å². The molecule has 0 aromatic heterocycles. The van der Waals surface area contributed by atoms with Crippen LogP contribution in [0.25, 0.3) is 0 Å². The molecule has 1 saturated heterocycles. The molecule has 0 radical (unpaired) electrons. The number of nitrogens with one attached hydrogen (secondary N) is 1. The van der Waals surface area contributed by atoms with Crippen molar-refractivity contribution in [3.05, 3.63) is 0 Å². The lowest BCUT2D eigenvalue weighted by molar-refractivity contribution is -0.123. The molecule has 0 atom stereocenters. The van der Waals surface area contributed by atoms with Gasteiger partial charge in [-0.25, -0.2) is 0 Å². The Balaban J connectivity index is 0.000000378. The van der Waals surface area contributed by atoms with E-state index in [1.54, 1.807) is 0 Å². The Kier molecular flexibility index (Phi) is 4.29. The van der Waals surface area contributed by atoms with Crippen molar-refractivity contribution in [1.82, 2.24) is 5.32 Å². The third-order valence-electron chi connectivity index (χ3n) is 2.50. The average molecular weight is 171 g/mol. The number of rotatable bonds is 0. The standard InChI is InChI=1S/C7H11NO.C2H6.CH4/c9-6-1-2-7(3-4-7)5-8-6;1-2;/h1-5H2,(H,8,9);1-2H3;1H4. The first-order valence-corrected chi connectivity index (χ1v) is 4.58. The molecule has 1 aliphatic carbocycles. The Morgan fingerprint density at radius 1 is 1.25 bits per heavy atom. The van der Waals surface area contributed by atoms with Gasteiger partial charge in [0.05, 0.1) is 0 Å². The van der Waals surface area contributed by atoms with Gasteiger partial charge in [-0.05, 0) is 24.7 Å². The minimum absolute atomic E-state index is 0. The quantitative estimate of drug-likeness (QED) is 0.595. The predicted octanol–water partition coefficient (Wildman–Crippen LogP) is 2.34. The van der Waals surface area contributed by atoms with E-state index in [2.05, 4.69) is 5.32 Å². The van der Waals surface area contributed by atoms with Crippen LogP contribution in [0, 0.1) is 5.41 Å². The lowest BCUT2D eigenvalue weighted by atomic mass is 9.96. The summed E-state index contributed by atoms with van der Waals surface area (Å²) in [5, 5.41) is 2.90.